The van der Waals surface area contributed by atoms with Gasteiger partial charge in [0.2, 0.25) is 0 Å². The zero-order valence-corrected chi connectivity index (χ0v) is 7.65. The minimum Gasteiger partial charge on any atom is -0.314 e. The van der Waals surface area contributed by atoms with E-state index in [1.807, 2.05) is 13.8 Å². The molecule has 0 aliphatic carbocycles. The van der Waals surface area contributed by atoms with E-state index in [2.05, 4.69) is 24.2 Å². The molecule has 1 rings (SSSR count). The fraction of sp³-hybridized carbons (Fsp3) is 1.00. The Morgan fingerprint density at radius 2 is 2.00 bits per heavy atom. The lowest BCUT2D eigenvalue weighted by Gasteiger charge is -2.29. The Labute approximate surface area is 64.6 Å². The molecule has 0 radical (unpaired) electrons. The van der Waals surface area contributed by atoms with Crippen LogP contribution >= 0.6 is 0 Å². The summed E-state index contributed by atoms with van der Waals surface area (Å²) in [7, 11) is 2.17. The van der Waals surface area contributed by atoms with E-state index >= 15 is 0 Å². The van der Waals surface area contributed by atoms with Gasteiger partial charge in [0.25, 0.3) is 0 Å². The highest BCUT2D eigenvalue weighted by molar-refractivity contribution is 4.71. The van der Waals surface area contributed by atoms with Gasteiger partial charge in [-0.1, -0.05) is 13.8 Å². The summed E-state index contributed by atoms with van der Waals surface area (Å²) >= 11 is 0. The van der Waals surface area contributed by atoms with Crippen LogP contribution in [0.1, 0.15) is 20.8 Å². The van der Waals surface area contributed by atoms with E-state index in [1.165, 1.54) is 6.54 Å². The van der Waals surface area contributed by atoms with Gasteiger partial charge >= 0.3 is 0 Å². The van der Waals surface area contributed by atoms with Crippen LogP contribution in [0.25, 0.3) is 0 Å². The average Bonchev–Trinajstić information content (AvgIpc) is 2.00. The molecular formula is C8H20N2. The molecule has 1 N–H and O–H groups in total. The first-order chi connectivity index (χ1) is 4.80. The van der Waals surface area contributed by atoms with Crippen molar-refractivity contribution in [1.29, 1.82) is 0 Å². The first-order valence-electron chi connectivity index (χ1n) is 4.21. The molecule has 0 bridgehead atoms. The van der Waals surface area contributed by atoms with Crippen LogP contribution in [0.15, 0.2) is 0 Å². The van der Waals surface area contributed by atoms with E-state index in [0.29, 0.717) is 0 Å². The Bertz CT molecular complexity index is 63.7. The van der Waals surface area contributed by atoms with Crippen molar-refractivity contribution in [3.63, 3.8) is 0 Å². The van der Waals surface area contributed by atoms with Gasteiger partial charge in [0.1, 0.15) is 0 Å². The largest absolute Gasteiger partial charge is 0.314 e. The van der Waals surface area contributed by atoms with E-state index < -0.39 is 0 Å². The summed E-state index contributed by atoms with van der Waals surface area (Å²) in [5.41, 5.74) is 0. The molecule has 2 nitrogen and oxygen atoms in total. The van der Waals surface area contributed by atoms with Gasteiger partial charge in [0, 0.05) is 25.7 Å². The van der Waals surface area contributed by atoms with Crippen LogP contribution in [0.2, 0.25) is 0 Å². The Morgan fingerprint density at radius 1 is 1.40 bits per heavy atom. The number of hydrogen-bond acceptors (Lipinski definition) is 2. The summed E-state index contributed by atoms with van der Waals surface area (Å²) in [5, 5.41) is 3.32. The predicted octanol–water partition coefficient (Wildman–Crippen LogP) is 0.936. The number of rotatable bonds is 0. The van der Waals surface area contributed by atoms with Gasteiger partial charge in [-0.2, -0.15) is 0 Å². The number of hydrogen-bond donors (Lipinski definition) is 1. The molecule has 2 heteroatoms. The van der Waals surface area contributed by atoms with E-state index in [4.69, 9.17) is 0 Å². The van der Waals surface area contributed by atoms with Gasteiger partial charge in [0.15, 0.2) is 0 Å². The standard InChI is InChI=1S/C6H14N2.C2H6/c1-6-5-7-3-4-8(6)2;1-2/h6-7H,3-5H2,1-2H3;1-2H3/t6-;/m1./s1. The molecule has 0 spiro atoms. The van der Waals surface area contributed by atoms with Crippen molar-refractivity contribution in [2.24, 2.45) is 0 Å². The monoisotopic (exact) mass is 144 g/mol. The summed E-state index contributed by atoms with van der Waals surface area (Å²) < 4.78 is 0. The first-order valence-corrected chi connectivity index (χ1v) is 4.21. The lowest BCUT2D eigenvalue weighted by Crippen LogP contribution is -2.47. The maximum absolute atomic E-state index is 3.32. The third-order valence-corrected chi connectivity index (χ3v) is 1.83. The van der Waals surface area contributed by atoms with Crippen molar-refractivity contribution in [3.8, 4) is 0 Å². The lowest BCUT2D eigenvalue weighted by molar-refractivity contribution is 0.215. The fourth-order valence-corrected chi connectivity index (χ4v) is 0.943. The summed E-state index contributed by atoms with van der Waals surface area (Å²) in [6, 6.07) is 0.726. The molecule has 0 unspecified atom stereocenters. The second kappa shape index (κ2) is 5.69. The van der Waals surface area contributed by atoms with E-state index in [1.54, 1.807) is 0 Å². The summed E-state index contributed by atoms with van der Waals surface area (Å²) in [6.07, 6.45) is 0. The summed E-state index contributed by atoms with van der Waals surface area (Å²) in [6.45, 7) is 9.74. The zero-order valence-electron chi connectivity index (χ0n) is 7.65. The Morgan fingerprint density at radius 3 is 2.30 bits per heavy atom. The Hall–Kier alpha value is -0.0800. The number of piperazine rings is 1. The third kappa shape index (κ3) is 3.18. The van der Waals surface area contributed by atoms with Gasteiger partial charge in [-0.15, -0.1) is 0 Å². The molecule has 1 heterocycles. The second-order valence-electron chi connectivity index (χ2n) is 2.53. The summed E-state index contributed by atoms with van der Waals surface area (Å²) in [5.74, 6) is 0. The highest BCUT2D eigenvalue weighted by atomic mass is 15.2. The molecule has 0 saturated carbocycles. The topological polar surface area (TPSA) is 15.3 Å². The van der Waals surface area contributed by atoms with Crippen molar-refractivity contribution >= 4 is 0 Å². The minimum absolute atomic E-state index is 0.726. The van der Waals surface area contributed by atoms with Crippen LogP contribution in [-0.2, 0) is 0 Å². The lowest BCUT2D eigenvalue weighted by atomic mass is 10.2. The van der Waals surface area contributed by atoms with Gasteiger partial charge in [0.05, 0.1) is 0 Å². The quantitative estimate of drug-likeness (QED) is 0.544. The predicted molar refractivity (Wildman–Crippen MR) is 46.3 cm³/mol. The molecule has 1 aliphatic rings. The van der Waals surface area contributed by atoms with Gasteiger partial charge in [-0.05, 0) is 14.0 Å². The normalized spacial score (nSPS) is 27.0. The zero-order chi connectivity index (χ0) is 7.98. The second-order valence-corrected chi connectivity index (χ2v) is 2.53. The molecule has 0 aromatic rings. The third-order valence-electron chi connectivity index (χ3n) is 1.83. The number of nitrogens with one attached hydrogen (secondary N) is 1. The van der Waals surface area contributed by atoms with E-state index in [-0.39, 0.29) is 0 Å². The van der Waals surface area contributed by atoms with Gasteiger partial charge < -0.3 is 10.2 Å². The summed E-state index contributed by atoms with van der Waals surface area (Å²) in [4.78, 5) is 2.37. The highest BCUT2D eigenvalue weighted by Crippen LogP contribution is 1.95. The van der Waals surface area contributed by atoms with Crippen LogP contribution in [0.4, 0.5) is 0 Å². The molecule has 0 aromatic heterocycles. The van der Waals surface area contributed by atoms with Crippen LogP contribution in [0, 0.1) is 0 Å². The van der Waals surface area contributed by atoms with Crippen molar-refractivity contribution in [2.75, 3.05) is 26.7 Å². The van der Waals surface area contributed by atoms with E-state index in [9.17, 15) is 0 Å². The van der Waals surface area contributed by atoms with Crippen molar-refractivity contribution in [1.82, 2.24) is 10.2 Å². The molecule has 0 amide bonds. The molecule has 1 aliphatic heterocycles. The Balaban J connectivity index is 0.000000371. The van der Waals surface area contributed by atoms with Crippen LogP contribution in [0.3, 0.4) is 0 Å². The average molecular weight is 144 g/mol. The van der Waals surface area contributed by atoms with Crippen LogP contribution < -0.4 is 5.32 Å². The molecule has 1 saturated heterocycles. The Kier molecular flexibility index (Phi) is 5.64. The van der Waals surface area contributed by atoms with Gasteiger partial charge in [-0.25, -0.2) is 0 Å². The smallest absolute Gasteiger partial charge is 0.0189 e. The van der Waals surface area contributed by atoms with E-state index in [0.717, 1.165) is 19.1 Å². The molecule has 1 atom stereocenters. The van der Waals surface area contributed by atoms with Crippen molar-refractivity contribution in [3.05, 3.63) is 0 Å². The number of nitrogens with zero attached hydrogens (tertiary/aromatic N) is 1. The maximum Gasteiger partial charge on any atom is 0.0189 e. The molecule has 0 aromatic carbocycles. The maximum atomic E-state index is 3.32. The minimum atomic E-state index is 0.726. The van der Waals surface area contributed by atoms with Crippen molar-refractivity contribution < 1.29 is 0 Å². The SMILES string of the molecule is CC.C[C@@H]1CNCCN1C. The van der Waals surface area contributed by atoms with Gasteiger partial charge in [-0.3, -0.25) is 0 Å². The fourth-order valence-electron chi connectivity index (χ4n) is 0.943. The molecule has 62 valence electrons. The van der Waals surface area contributed by atoms with Crippen LogP contribution in [-0.4, -0.2) is 37.6 Å². The van der Waals surface area contributed by atoms with Crippen LogP contribution in [0.5, 0.6) is 0 Å². The molecule has 1 fully saturated rings. The molecule has 10 heavy (non-hydrogen) atoms. The van der Waals surface area contributed by atoms with Crippen molar-refractivity contribution in [2.45, 2.75) is 26.8 Å². The highest BCUT2D eigenvalue weighted by Gasteiger charge is 2.11. The first kappa shape index (κ1) is 9.92. The molecular weight excluding hydrogens is 124 g/mol. The number of likely N-dealkylation sites (N-methyl/N-ethyl adjacent to an activating group) is 1.